The summed E-state index contributed by atoms with van der Waals surface area (Å²) in [6.07, 6.45) is 1.12. The van der Waals surface area contributed by atoms with Crippen LogP contribution in [0.5, 0.6) is 11.5 Å². The van der Waals surface area contributed by atoms with Crippen molar-refractivity contribution in [2.24, 2.45) is 0 Å². The average molecular weight is 446 g/mol. The minimum absolute atomic E-state index is 0.204. The van der Waals surface area contributed by atoms with Gasteiger partial charge in [0.15, 0.2) is 0 Å². The maximum atomic E-state index is 12.1. The van der Waals surface area contributed by atoms with Crippen LogP contribution in [0.1, 0.15) is 44.4 Å². The Kier molecular flexibility index (Phi) is 6.97. The third kappa shape index (κ3) is 5.66. The molecular formula is C27H26O6. The van der Waals surface area contributed by atoms with Gasteiger partial charge in [0, 0.05) is 22.8 Å². The molecule has 1 aliphatic carbocycles. The van der Waals surface area contributed by atoms with Gasteiger partial charge < -0.3 is 14.2 Å². The van der Waals surface area contributed by atoms with Crippen LogP contribution < -0.4 is 9.47 Å². The first-order valence-corrected chi connectivity index (χ1v) is 10.4. The molecule has 170 valence electrons. The molecule has 6 heteroatoms. The van der Waals surface area contributed by atoms with Crippen molar-refractivity contribution in [3.63, 3.8) is 0 Å². The lowest BCUT2D eigenvalue weighted by atomic mass is 9.99. The number of hydrogen-bond acceptors (Lipinski definition) is 6. The summed E-state index contributed by atoms with van der Waals surface area (Å²) in [5.41, 5.74) is 4.26. The molecule has 0 saturated carbocycles. The highest BCUT2D eigenvalue weighted by molar-refractivity contribution is 5.90. The summed E-state index contributed by atoms with van der Waals surface area (Å²) < 4.78 is 16.4. The fourth-order valence-corrected chi connectivity index (χ4v) is 3.34. The molecule has 0 radical (unpaired) electrons. The van der Waals surface area contributed by atoms with Crippen LogP contribution in [0.2, 0.25) is 0 Å². The smallest absolute Gasteiger partial charge is 0.338 e. The normalized spacial score (nSPS) is 14.1. The first kappa shape index (κ1) is 23.7. The number of rotatable bonds is 7. The van der Waals surface area contributed by atoms with Gasteiger partial charge in [-0.15, -0.1) is 0 Å². The highest BCUT2D eigenvalue weighted by Gasteiger charge is 2.26. The molecule has 1 atom stereocenters. The molecule has 33 heavy (non-hydrogen) atoms. The van der Waals surface area contributed by atoms with Crippen molar-refractivity contribution in [3.8, 4) is 22.6 Å². The van der Waals surface area contributed by atoms with E-state index in [0.29, 0.717) is 17.6 Å². The highest BCUT2D eigenvalue weighted by Crippen LogP contribution is 2.38. The monoisotopic (exact) mass is 446 g/mol. The third-order valence-corrected chi connectivity index (χ3v) is 5.10. The molecular weight excluding hydrogens is 420 g/mol. The van der Waals surface area contributed by atoms with Gasteiger partial charge in [0.2, 0.25) is 0 Å². The largest absolute Gasteiger partial charge is 0.454 e. The zero-order valence-electron chi connectivity index (χ0n) is 19.0. The van der Waals surface area contributed by atoms with Crippen LogP contribution in [0.25, 0.3) is 11.1 Å². The van der Waals surface area contributed by atoms with E-state index in [1.807, 2.05) is 18.2 Å². The Morgan fingerprint density at radius 2 is 1.30 bits per heavy atom. The van der Waals surface area contributed by atoms with E-state index < -0.39 is 17.9 Å². The molecule has 0 heterocycles. The van der Waals surface area contributed by atoms with E-state index in [1.165, 1.54) is 6.07 Å². The summed E-state index contributed by atoms with van der Waals surface area (Å²) >= 11 is 0. The van der Waals surface area contributed by atoms with Gasteiger partial charge in [0.25, 0.3) is 0 Å². The summed E-state index contributed by atoms with van der Waals surface area (Å²) in [4.78, 5) is 36.1. The second kappa shape index (κ2) is 9.69. The molecule has 0 aliphatic heterocycles. The number of fused-ring (bicyclic) bond motifs is 1. The van der Waals surface area contributed by atoms with Gasteiger partial charge in [0.1, 0.15) is 17.6 Å². The van der Waals surface area contributed by atoms with Crippen LogP contribution in [0.15, 0.2) is 72.9 Å². The van der Waals surface area contributed by atoms with Crippen LogP contribution in [0.3, 0.4) is 0 Å². The van der Waals surface area contributed by atoms with E-state index in [4.69, 9.17) is 14.2 Å². The van der Waals surface area contributed by atoms with E-state index in [2.05, 4.69) is 19.7 Å². The number of carbonyl (C=O) groups is 3. The maximum Gasteiger partial charge on any atom is 0.338 e. The molecule has 2 aromatic rings. The molecule has 6 nitrogen and oxygen atoms in total. The van der Waals surface area contributed by atoms with E-state index in [-0.39, 0.29) is 28.7 Å². The van der Waals surface area contributed by atoms with Gasteiger partial charge in [-0.25, -0.2) is 14.4 Å². The van der Waals surface area contributed by atoms with Crippen molar-refractivity contribution in [1.82, 2.24) is 0 Å². The first-order chi connectivity index (χ1) is 15.5. The van der Waals surface area contributed by atoms with Crippen molar-refractivity contribution in [2.45, 2.75) is 39.7 Å². The third-order valence-electron chi connectivity index (χ3n) is 5.10. The van der Waals surface area contributed by atoms with Gasteiger partial charge in [-0.1, -0.05) is 31.9 Å². The average Bonchev–Trinajstić information content (AvgIpc) is 3.15. The molecule has 0 fully saturated rings. The lowest BCUT2D eigenvalue weighted by molar-refractivity contribution is -0.144. The summed E-state index contributed by atoms with van der Waals surface area (Å²) in [7, 11) is 0. The number of aryl methyl sites for hydroxylation is 1. The maximum absolute atomic E-state index is 12.1. The topological polar surface area (TPSA) is 78.9 Å². The lowest BCUT2D eigenvalue weighted by Crippen LogP contribution is -2.10. The van der Waals surface area contributed by atoms with Gasteiger partial charge in [-0.2, -0.15) is 0 Å². The van der Waals surface area contributed by atoms with E-state index >= 15 is 0 Å². The molecule has 0 saturated heterocycles. The van der Waals surface area contributed by atoms with Crippen LogP contribution in [-0.4, -0.2) is 17.9 Å². The Morgan fingerprint density at radius 3 is 1.82 bits per heavy atom. The molecule has 3 rings (SSSR count). The summed E-state index contributed by atoms with van der Waals surface area (Å²) in [5, 5.41) is 0. The molecule has 1 aliphatic rings. The van der Waals surface area contributed by atoms with Crippen LogP contribution in [-0.2, 0) is 25.5 Å². The fraction of sp³-hybridized carbons (Fsp3) is 0.222. The Morgan fingerprint density at radius 1 is 0.758 bits per heavy atom. The Hall–Kier alpha value is -3.93. The molecule has 0 N–H and O–H groups in total. The Labute approximate surface area is 193 Å². The van der Waals surface area contributed by atoms with Gasteiger partial charge in [-0.3, -0.25) is 0 Å². The van der Waals surface area contributed by atoms with Gasteiger partial charge in [0.05, 0.1) is 0 Å². The zero-order chi connectivity index (χ0) is 24.3. The second-order valence-corrected chi connectivity index (χ2v) is 8.16. The minimum Gasteiger partial charge on any atom is -0.454 e. The Balaban J connectivity index is 2.00. The van der Waals surface area contributed by atoms with E-state index in [9.17, 15) is 14.4 Å². The molecule has 0 bridgehead atoms. The van der Waals surface area contributed by atoms with Crippen molar-refractivity contribution in [3.05, 3.63) is 84.0 Å². The fourth-order valence-electron chi connectivity index (χ4n) is 3.34. The number of ether oxygens (including phenoxy) is 3. The lowest BCUT2D eigenvalue weighted by Gasteiger charge is -2.15. The molecule has 1 unspecified atom stereocenters. The summed E-state index contributed by atoms with van der Waals surface area (Å²) in [5.74, 6) is -1.21. The van der Waals surface area contributed by atoms with E-state index in [0.717, 1.165) is 23.1 Å². The van der Waals surface area contributed by atoms with Crippen molar-refractivity contribution in [1.29, 1.82) is 0 Å². The SMILES string of the molecule is C=C(C)C(=O)Oc1cc(OC(=O)C(=C)C)cc(-c2ccc3c(c2)C(OC(=O)C(=C)C)CC3)c1. The Bertz CT molecular complexity index is 1140. The van der Waals surface area contributed by atoms with Gasteiger partial charge in [-0.05, 0) is 74.1 Å². The predicted molar refractivity (Wildman–Crippen MR) is 125 cm³/mol. The number of esters is 3. The number of carbonyl (C=O) groups excluding carboxylic acids is 3. The first-order valence-electron chi connectivity index (χ1n) is 10.4. The predicted octanol–water partition coefficient (Wildman–Crippen LogP) is 5.42. The quantitative estimate of drug-likeness (QED) is 0.321. The van der Waals surface area contributed by atoms with Crippen LogP contribution >= 0.6 is 0 Å². The van der Waals surface area contributed by atoms with Crippen molar-refractivity contribution in [2.75, 3.05) is 0 Å². The molecule has 0 amide bonds. The molecule has 0 aromatic heterocycles. The number of benzene rings is 2. The number of hydrogen-bond donors (Lipinski definition) is 0. The van der Waals surface area contributed by atoms with Crippen LogP contribution in [0, 0.1) is 0 Å². The summed E-state index contributed by atoms with van der Waals surface area (Å²) in [6.45, 7) is 15.5. The summed E-state index contributed by atoms with van der Waals surface area (Å²) in [6, 6.07) is 10.6. The van der Waals surface area contributed by atoms with E-state index in [1.54, 1.807) is 32.9 Å². The zero-order valence-corrected chi connectivity index (χ0v) is 19.0. The molecule has 2 aromatic carbocycles. The minimum atomic E-state index is -0.593. The highest BCUT2D eigenvalue weighted by atomic mass is 16.6. The van der Waals surface area contributed by atoms with Crippen molar-refractivity contribution >= 4 is 17.9 Å². The molecule has 0 spiro atoms. The van der Waals surface area contributed by atoms with Crippen LogP contribution in [0.4, 0.5) is 0 Å². The standard InChI is InChI=1S/C27H26O6/c1-15(2)25(28)31-21-11-20(12-22(14-21)32-26(29)16(3)4)19-8-7-18-9-10-24(23(18)13-19)33-27(30)17(5)6/h7-8,11-14,24H,1,3,5,9-10H2,2,4,6H3. The second-order valence-electron chi connectivity index (χ2n) is 8.16. The van der Waals surface area contributed by atoms with Gasteiger partial charge >= 0.3 is 17.9 Å². The van der Waals surface area contributed by atoms with Crippen molar-refractivity contribution < 1.29 is 28.6 Å².